The van der Waals surface area contributed by atoms with Crippen LogP contribution in [0.4, 0.5) is 0 Å². The summed E-state index contributed by atoms with van der Waals surface area (Å²) in [7, 11) is 0. The molecule has 20 heavy (non-hydrogen) atoms. The Labute approximate surface area is 119 Å². The summed E-state index contributed by atoms with van der Waals surface area (Å²) in [5, 5.41) is 3.43. The first kappa shape index (κ1) is 14.5. The number of hydrogen-bond donors (Lipinski definition) is 1. The number of hydrogen-bond acceptors (Lipinski definition) is 5. The lowest BCUT2D eigenvalue weighted by Gasteiger charge is -2.12. The summed E-state index contributed by atoms with van der Waals surface area (Å²) < 4.78 is 0. The summed E-state index contributed by atoms with van der Waals surface area (Å²) >= 11 is 0. The quantitative estimate of drug-likeness (QED) is 0.904. The molecule has 0 spiro atoms. The van der Waals surface area contributed by atoms with E-state index in [1.54, 1.807) is 18.6 Å². The standard InChI is InChI=1S/C15H21N5/c1-10(2)7-17-8-13-11(3)19-15(20-12(13)4)14-9-16-5-6-18-14/h5-6,9-10,17H,7-8H2,1-4H3. The zero-order valence-electron chi connectivity index (χ0n) is 12.5. The van der Waals surface area contributed by atoms with E-state index >= 15 is 0 Å². The van der Waals surface area contributed by atoms with Crippen molar-refractivity contribution in [2.75, 3.05) is 6.54 Å². The van der Waals surface area contributed by atoms with Crippen molar-refractivity contribution in [2.45, 2.75) is 34.2 Å². The number of nitrogens with zero attached hydrogens (tertiary/aromatic N) is 4. The van der Waals surface area contributed by atoms with Crippen molar-refractivity contribution >= 4 is 0 Å². The highest BCUT2D eigenvalue weighted by atomic mass is 15.0. The molecule has 0 aromatic carbocycles. The Bertz CT molecular complexity index is 543. The zero-order valence-corrected chi connectivity index (χ0v) is 12.5. The third-order valence-corrected chi connectivity index (χ3v) is 3.07. The molecule has 0 fully saturated rings. The van der Waals surface area contributed by atoms with E-state index < -0.39 is 0 Å². The van der Waals surface area contributed by atoms with Gasteiger partial charge in [0, 0.05) is 35.9 Å². The van der Waals surface area contributed by atoms with Crippen LogP contribution >= 0.6 is 0 Å². The van der Waals surface area contributed by atoms with Gasteiger partial charge in [0.05, 0.1) is 6.20 Å². The molecule has 0 aliphatic heterocycles. The van der Waals surface area contributed by atoms with Crippen LogP contribution < -0.4 is 5.32 Å². The maximum atomic E-state index is 4.55. The average molecular weight is 271 g/mol. The van der Waals surface area contributed by atoms with Gasteiger partial charge in [-0.2, -0.15) is 0 Å². The molecule has 0 unspecified atom stereocenters. The van der Waals surface area contributed by atoms with Crippen LogP contribution in [0.25, 0.3) is 11.5 Å². The zero-order chi connectivity index (χ0) is 14.5. The molecular weight excluding hydrogens is 250 g/mol. The van der Waals surface area contributed by atoms with E-state index in [9.17, 15) is 0 Å². The fourth-order valence-electron chi connectivity index (χ4n) is 2.01. The average Bonchev–Trinajstić information content (AvgIpc) is 2.42. The number of aryl methyl sites for hydroxylation is 2. The van der Waals surface area contributed by atoms with Gasteiger partial charge < -0.3 is 5.32 Å². The molecule has 1 N–H and O–H groups in total. The summed E-state index contributed by atoms with van der Waals surface area (Å²) in [6.45, 7) is 10.2. The van der Waals surface area contributed by atoms with Crippen LogP contribution in [0.2, 0.25) is 0 Å². The SMILES string of the molecule is Cc1nc(-c2cnccn2)nc(C)c1CNCC(C)C. The van der Waals surface area contributed by atoms with E-state index in [2.05, 4.69) is 39.1 Å². The van der Waals surface area contributed by atoms with Gasteiger partial charge >= 0.3 is 0 Å². The summed E-state index contributed by atoms with van der Waals surface area (Å²) in [5.74, 6) is 1.27. The second-order valence-electron chi connectivity index (χ2n) is 5.31. The fraction of sp³-hybridized carbons (Fsp3) is 0.467. The largest absolute Gasteiger partial charge is 0.312 e. The predicted molar refractivity (Wildman–Crippen MR) is 79.1 cm³/mol. The first-order valence-electron chi connectivity index (χ1n) is 6.89. The van der Waals surface area contributed by atoms with Crippen LogP contribution in [-0.4, -0.2) is 26.5 Å². The molecule has 0 aliphatic rings. The van der Waals surface area contributed by atoms with Crippen molar-refractivity contribution in [3.8, 4) is 11.5 Å². The number of aromatic nitrogens is 4. The van der Waals surface area contributed by atoms with Crippen molar-refractivity contribution in [2.24, 2.45) is 5.92 Å². The summed E-state index contributed by atoms with van der Waals surface area (Å²) in [6.07, 6.45) is 4.99. The maximum absolute atomic E-state index is 4.55. The molecule has 2 aromatic rings. The van der Waals surface area contributed by atoms with Crippen LogP contribution in [0.5, 0.6) is 0 Å². The van der Waals surface area contributed by atoms with Crippen molar-refractivity contribution in [1.82, 2.24) is 25.3 Å². The Kier molecular flexibility index (Phi) is 4.74. The molecule has 2 aromatic heterocycles. The van der Waals surface area contributed by atoms with Crippen molar-refractivity contribution < 1.29 is 0 Å². The molecule has 2 rings (SSSR count). The molecular formula is C15H21N5. The highest BCUT2D eigenvalue weighted by molar-refractivity contribution is 5.48. The first-order chi connectivity index (χ1) is 9.58. The first-order valence-corrected chi connectivity index (χ1v) is 6.89. The molecule has 2 heterocycles. The summed E-state index contributed by atoms with van der Waals surface area (Å²) in [6, 6.07) is 0. The Morgan fingerprint density at radius 2 is 1.80 bits per heavy atom. The molecule has 5 heteroatoms. The topological polar surface area (TPSA) is 63.6 Å². The van der Waals surface area contributed by atoms with E-state index in [1.165, 1.54) is 5.56 Å². The normalized spacial score (nSPS) is 11.1. The lowest BCUT2D eigenvalue weighted by molar-refractivity contribution is 0.549. The third kappa shape index (κ3) is 3.57. The molecule has 0 aliphatic carbocycles. The Balaban J connectivity index is 2.21. The van der Waals surface area contributed by atoms with E-state index in [0.717, 1.165) is 24.5 Å². The van der Waals surface area contributed by atoms with Crippen LogP contribution in [-0.2, 0) is 6.54 Å². The number of nitrogens with one attached hydrogen (secondary N) is 1. The fourth-order valence-corrected chi connectivity index (χ4v) is 2.01. The molecule has 106 valence electrons. The van der Waals surface area contributed by atoms with Crippen LogP contribution in [0.1, 0.15) is 30.8 Å². The smallest absolute Gasteiger partial charge is 0.180 e. The van der Waals surface area contributed by atoms with Gasteiger partial charge in [-0.15, -0.1) is 0 Å². The lowest BCUT2D eigenvalue weighted by Crippen LogP contribution is -2.21. The Hall–Kier alpha value is -1.88. The van der Waals surface area contributed by atoms with Crippen molar-refractivity contribution in [3.63, 3.8) is 0 Å². The minimum absolute atomic E-state index is 0.635. The second-order valence-corrected chi connectivity index (χ2v) is 5.31. The molecule has 0 saturated carbocycles. The van der Waals surface area contributed by atoms with Crippen LogP contribution in [0, 0.1) is 19.8 Å². The summed E-state index contributed by atoms with van der Waals surface area (Å²) in [4.78, 5) is 17.4. The third-order valence-electron chi connectivity index (χ3n) is 3.07. The van der Waals surface area contributed by atoms with Gasteiger partial charge in [0.15, 0.2) is 5.82 Å². The minimum Gasteiger partial charge on any atom is -0.312 e. The van der Waals surface area contributed by atoms with Crippen molar-refractivity contribution in [3.05, 3.63) is 35.5 Å². The monoisotopic (exact) mass is 271 g/mol. The van der Waals surface area contributed by atoms with Gasteiger partial charge in [0.2, 0.25) is 0 Å². The van der Waals surface area contributed by atoms with Gasteiger partial charge in [-0.05, 0) is 26.3 Å². The van der Waals surface area contributed by atoms with Gasteiger partial charge in [0.25, 0.3) is 0 Å². The van der Waals surface area contributed by atoms with Crippen molar-refractivity contribution in [1.29, 1.82) is 0 Å². The Morgan fingerprint density at radius 3 is 2.35 bits per heavy atom. The van der Waals surface area contributed by atoms with Gasteiger partial charge in [-0.1, -0.05) is 13.8 Å². The van der Waals surface area contributed by atoms with E-state index in [1.807, 2.05) is 13.8 Å². The van der Waals surface area contributed by atoms with E-state index in [0.29, 0.717) is 17.4 Å². The second kappa shape index (κ2) is 6.52. The van der Waals surface area contributed by atoms with E-state index in [-0.39, 0.29) is 0 Å². The molecule has 0 radical (unpaired) electrons. The molecule has 0 atom stereocenters. The maximum Gasteiger partial charge on any atom is 0.180 e. The highest BCUT2D eigenvalue weighted by Crippen LogP contribution is 2.16. The van der Waals surface area contributed by atoms with Gasteiger partial charge in [0.1, 0.15) is 5.69 Å². The van der Waals surface area contributed by atoms with Gasteiger partial charge in [-0.3, -0.25) is 4.98 Å². The molecule has 0 amide bonds. The minimum atomic E-state index is 0.635. The lowest BCUT2D eigenvalue weighted by atomic mass is 10.1. The summed E-state index contributed by atoms with van der Waals surface area (Å²) in [5.41, 5.74) is 3.86. The molecule has 0 saturated heterocycles. The van der Waals surface area contributed by atoms with E-state index in [4.69, 9.17) is 0 Å². The number of rotatable bonds is 5. The molecule has 5 nitrogen and oxygen atoms in total. The molecule has 0 bridgehead atoms. The highest BCUT2D eigenvalue weighted by Gasteiger charge is 2.10. The van der Waals surface area contributed by atoms with Crippen LogP contribution in [0.3, 0.4) is 0 Å². The van der Waals surface area contributed by atoms with Gasteiger partial charge in [-0.25, -0.2) is 15.0 Å². The van der Waals surface area contributed by atoms with Crippen LogP contribution in [0.15, 0.2) is 18.6 Å². The Morgan fingerprint density at radius 1 is 1.10 bits per heavy atom. The predicted octanol–water partition coefficient (Wildman–Crippen LogP) is 2.30.